The van der Waals surface area contributed by atoms with Crippen LogP contribution < -0.4 is 15.2 Å². The maximum atomic E-state index is 9.73. The molecule has 4 heteroatoms. The van der Waals surface area contributed by atoms with Crippen LogP contribution in [-0.2, 0) is 6.61 Å². The van der Waals surface area contributed by atoms with Crippen molar-refractivity contribution in [3.8, 4) is 11.5 Å². The highest BCUT2D eigenvalue weighted by atomic mass is 16.5. The number of aliphatic hydroxyl groups excluding tert-OH is 1. The van der Waals surface area contributed by atoms with Gasteiger partial charge in [-0.1, -0.05) is 30.3 Å². The van der Waals surface area contributed by atoms with Gasteiger partial charge >= 0.3 is 0 Å². The van der Waals surface area contributed by atoms with Gasteiger partial charge in [-0.2, -0.15) is 0 Å². The molecule has 0 aromatic heterocycles. The van der Waals surface area contributed by atoms with Crippen LogP contribution in [0.1, 0.15) is 17.2 Å². The Balaban J connectivity index is 1.75. The average molecular weight is 271 g/mol. The molecule has 2 aromatic rings. The number of rotatable bonds is 3. The van der Waals surface area contributed by atoms with Gasteiger partial charge in [-0.25, -0.2) is 0 Å². The number of benzene rings is 2. The van der Waals surface area contributed by atoms with Crippen molar-refractivity contribution >= 4 is 0 Å². The first-order valence-electron chi connectivity index (χ1n) is 6.61. The molecule has 0 amide bonds. The van der Waals surface area contributed by atoms with Crippen molar-refractivity contribution in [2.45, 2.75) is 18.8 Å². The number of hydrogen-bond donors (Lipinski definition) is 2. The maximum Gasteiger partial charge on any atom is 0.124 e. The van der Waals surface area contributed by atoms with Crippen LogP contribution in [0.15, 0.2) is 48.5 Å². The molecule has 20 heavy (non-hydrogen) atoms. The predicted molar refractivity (Wildman–Crippen MR) is 75.6 cm³/mol. The van der Waals surface area contributed by atoms with Crippen LogP contribution in [0.25, 0.3) is 0 Å². The van der Waals surface area contributed by atoms with E-state index in [2.05, 4.69) is 0 Å². The second-order valence-corrected chi connectivity index (χ2v) is 4.88. The van der Waals surface area contributed by atoms with Gasteiger partial charge in [0.15, 0.2) is 0 Å². The van der Waals surface area contributed by atoms with E-state index < -0.39 is 12.1 Å². The smallest absolute Gasteiger partial charge is 0.124 e. The molecule has 4 nitrogen and oxygen atoms in total. The SMILES string of the molecule is NC1c2cc(OCc3ccccc3)ccc2OCC1O. The quantitative estimate of drug-likeness (QED) is 0.896. The van der Waals surface area contributed by atoms with Gasteiger partial charge in [-0.3, -0.25) is 0 Å². The molecule has 3 rings (SSSR count). The van der Waals surface area contributed by atoms with Crippen LogP contribution in [0.4, 0.5) is 0 Å². The third kappa shape index (κ3) is 2.61. The van der Waals surface area contributed by atoms with E-state index in [0.717, 1.165) is 22.6 Å². The van der Waals surface area contributed by atoms with Crippen LogP contribution in [0.5, 0.6) is 11.5 Å². The average Bonchev–Trinajstić information content (AvgIpc) is 2.50. The number of nitrogens with two attached hydrogens (primary N) is 1. The Morgan fingerprint density at radius 2 is 2.00 bits per heavy atom. The van der Waals surface area contributed by atoms with Crippen molar-refractivity contribution in [3.05, 3.63) is 59.7 Å². The highest BCUT2D eigenvalue weighted by molar-refractivity contribution is 5.44. The van der Waals surface area contributed by atoms with Gasteiger partial charge in [0.05, 0.1) is 6.04 Å². The van der Waals surface area contributed by atoms with Crippen molar-refractivity contribution in [2.24, 2.45) is 5.73 Å². The molecular weight excluding hydrogens is 254 g/mol. The summed E-state index contributed by atoms with van der Waals surface area (Å²) in [6.45, 7) is 0.733. The zero-order chi connectivity index (χ0) is 13.9. The zero-order valence-corrected chi connectivity index (χ0v) is 11.0. The van der Waals surface area contributed by atoms with Gasteiger partial charge in [-0.15, -0.1) is 0 Å². The van der Waals surface area contributed by atoms with E-state index in [1.807, 2.05) is 48.5 Å². The Morgan fingerprint density at radius 3 is 2.80 bits per heavy atom. The van der Waals surface area contributed by atoms with E-state index in [4.69, 9.17) is 15.2 Å². The molecule has 1 aliphatic rings. The minimum atomic E-state index is -0.674. The van der Waals surface area contributed by atoms with E-state index in [-0.39, 0.29) is 6.61 Å². The summed E-state index contributed by atoms with van der Waals surface area (Å²) in [5.41, 5.74) is 7.87. The van der Waals surface area contributed by atoms with Gasteiger partial charge < -0.3 is 20.3 Å². The summed E-state index contributed by atoms with van der Waals surface area (Å²) in [6, 6.07) is 15.0. The number of aliphatic hydroxyl groups is 1. The minimum absolute atomic E-state index is 0.235. The van der Waals surface area contributed by atoms with Crippen LogP contribution in [0.3, 0.4) is 0 Å². The normalized spacial score (nSPS) is 20.9. The van der Waals surface area contributed by atoms with Gasteiger partial charge in [0.2, 0.25) is 0 Å². The van der Waals surface area contributed by atoms with Gasteiger partial charge in [0.25, 0.3) is 0 Å². The number of fused-ring (bicyclic) bond motifs is 1. The van der Waals surface area contributed by atoms with Crippen LogP contribution >= 0.6 is 0 Å². The second kappa shape index (κ2) is 5.53. The van der Waals surface area contributed by atoms with Crippen molar-refractivity contribution in [1.29, 1.82) is 0 Å². The van der Waals surface area contributed by atoms with E-state index in [1.54, 1.807) is 0 Å². The van der Waals surface area contributed by atoms with Crippen LogP contribution in [-0.4, -0.2) is 17.8 Å². The summed E-state index contributed by atoms with van der Waals surface area (Å²) in [5.74, 6) is 1.44. The largest absolute Gasteiger partial charge is 0.490 e. The van der Waals surface area contributed by atoms with E-state index in [0.29, 0.717) is 6.61 Å². The Hall–Kier alpha value is -2.04. The lowest BCUT2D eigenvalue weighted by atomic mass is 9.99. The molecule has 2 unspecified atom stereocenters. The van der Waals surface area contributed by atoms with Gasteiger partial charge in [0.1, 0.15) is 30.8 Å². The first kappa shape index (κ1) is 13.0. The molecule has 2 atom stereocenters. The standard InChI is InChI=1S/C16H17NO3/c17-16-13-8-12(6-7-15(13)20-10-14(16)18)19-9-11-4-2-1-3-5-11/h1-8,14,16,18H,9-10,17H2. The Kier molecular flexibility index (Phi) is 3.58. The highest BCUT2D eigenvalue weighted by Gasteiger charge is 2.26. The summed E-state index contributed by atoms with van der Waals surface area (Å²) in [4.78, 5) is 0. The molecule has 104 valence electrons. The molecule has 0 saturated carbocycles. The monoisotopic (exact) mass is 271 g/mol. The number of hydrogen-bond acceptors (Lipinski definition) is 4. The van der Waals surface area contributed by atoms with Crippen molar-refractivity contribution < 1.29 is 14.6 Å². The van der Waals surface area contributed by atoms with E-state index >= 15 is 0 Å². The molecule has 3 N–H and O–H groups in total. The van der Waals surface area contributed by atoms with E-state index in [1.165, 1.54) is 0 Å². The third-order valence-electron chi connectivity index (χ3n) is 3.41. The first-order valence-corrected chi connectivity index (χ1v) is 6.61. The summed E-state index contributed by atoms with van der Waals surface area (Å²) in [5, 5.41) is 9.73. The number of ether oxygens (including phenoxy) is 2. The summed E-state index contributed by atoms with van der Waals surface area (Å²) in [7, 11) is 0. The Labute approximate surface area is 117 Å². The molecule has 0 spiro atoms. The van der Waals surface area contributed by atoms with Crippen molar-refractivity contribution in [3.63, 3.8) is 0 Å². The fraction of sp³-hybridized carbons (Fsp3) is 0.250. The zero-order valence-electron chi connectivity index (χ0n) is 11.0. The summed E-state index contributed by atoms with van der Waals surface area (Å²) < 4.78 is 11.2. The molecule has 0 radical (unpaired) electrons. The van der Waals surface area contributed by atoms with Gasteiger partial charge in [-0.05, 0) is 23.8 Å². The molecule has 1 aliphatic heterocycles. The Morgan fingerprint density at radius 1 is 1.20 bits per heavy atom. The fourth-order valence-electron chi connectivity index (χ4n) is 2.24. The topological polar surface area (TPSA) is 64.7 Å². The summed E-state index contributed by atoms with van der Waals surface area (Å²) in [6.07, 6.45) is -0.674. The third-order valence-corrected chi connectivity index (χ3v) is 3.41. The molecule has 0 aliphatic carbocycles. The molecule has 0 fully saturated rings. The lowest BCUT2D eigenvalue weighted by Crippen LogP contribution is -2.35. The summed E-state index contributed by atoms with van der Waals surface area (Å²) >= 11 is 0. The lowest BCUT2D eigenvalue weighted by Gasteiger charge is -2.28. The van der Waals surface area contributed by atoms with E-state index in [9.17, 15) is 5.11 Å². The van der Waals surface area contributed by atoms with Crippen molar-refractivity contribution in [1.82, 2.24) is 0 Å². The van der Waals surface area contributed by atoms with Crippen LogP contribution in [0.2, 0.25) is 0 Å². The molecular formula is C16H17NO3. The predicted octanol–water partition coefficient (Wildman–Crippen LogP) is 2.02. The molecule has 2 aromatic carbocycles. The van der Waals surface area contributed by atoms with Gasteiger partial charge in [0, 0.05) is 5.56 Å². The lowest BCUT2D eigenvalue weighted by molar-refractivity contribution is 0.0676. The molecule has 0 bridgehead atoms. The van der Waals surface area contributed by atoms with Crippen LogP contribution in [0, 0.1) is 0 Å². The fourth-order valence-corrected chi connectivity index (χ4v) is 2.24. The highest BCUT2D eigenvalue weighted by Crippen LogP contribution is 2.33. The molecule has 1 heterocycles. The minimum Gasteiger partial charge on any atom is -0.490 e. The molecule has 0 saturated heterocycles. The Bertz CT molecular complexity index is 586. The first-order chi connectivity index (χ1) is 9.74. The maximum absolute atomic E-state index is 9.73. The second-order valence-electron chi connectivity index (χ2n) is 4.88. The van der Waals surface area contributed by atoms with Crippen molar-refractivity contribution in [2.75, 3.05) is 6.61 Å².